The van der Waals surface area contributed by atoms with Gasteiger partial charge < -0.3 is 10.6 Å². The van der Waals surface area contributed by atoms with Crippen LogP contribution in [0, 0.1) is 0 Å². The topological polar surface area (TPSA) is 80.0 Å². The van der Waals surface area contributed by atoms with Crippen LogP contribution in [0.5, 0.6) is 0 Å². The highest BCUT2D eigenvalue weighted by Crippen LogP contribution is 2.29. The number of halogens is 3. The van der Waals surface area contributed by atoms with Gasteiger partial charge in [-0.1, -0.05) is 0 Å². The molecule has 126 valence electrons. The average molecular weight is 347 g/mol. The van der Waals surface area contributed by atoms with E-state index < -0.39 is 11.9 Å². The van der Waals surface area contributed by atoms with Crippen molar-refractivity contribution < 1.29 is 13.2 Å². The van der Waals surface area contributed by atoms with Crippen LogP contribution in [-0.2, 0) is 26.3 Å². The number of thiazole rings is 1. The predicted molar refractivity (Wildman–Crippen MR) is 79.8 cm³/mol. The summed E-state index contributed by atoms with van der Waals surface area (Å²) in [5.41, 5.74) is -0.875. The molecule has 23 heavy (non-hydrogen) atoms. The summed E-state index contributed by atoms with van der Waals surface area (Å²) < 4.78 is 39.1. The lowest BCUT2D eigenvalue weighted by atomic mass is 10.5. The van der Waals surface area contributed by atoms with E-state index in [4.69, 9.17) is 0 Å². The maximum absolute atomic E-state index is 12.5. The summed E-state index contributed by atoms with van der Waals surface area (Å²) in [6, 6.07) is 0. The third kappa shape index (κ3) is 4.91. The Morgan fingerprint density at radius 2 is 2.17 bits per heavy atom. The molecule has 0 atom stereocenters. The van der Waals surface area contributed by atoms with E-state index in [-0.39, 0.29) is 6.54 Å². The Hall–Kier alpha value is -2.17. The lowest BCUT2D eigenvalue weighted by Gasteiger charge is -2.09. The van der Waals surface area contributed by atoms with Gasteiger partial charge in [0.05, 0.1) is 6.54 Å². The summed E-state index contributed by atoms with van der Waals surface area (Å²) in [7, 11) is 1.76. The van der Waals surface area contributed by atoms with E-state index in [0.717, 1.165) is 16.7 Å². The van der Waals surface area contributed by atoms with Gasteiger partial charge in [-0.05, 0) is 6.92 Å². The van der Waals surface area contributed by atoms with Gasteiger partial charge in [0.25, 0.3) is 0 Å². The zero-order valence-electron chi connectivity index (χ0n) is 12.6. The highest BCUT2D eigenvalue weighted by atomic mass is 32.1. The molecule has 0 spiro atoms. The number of rotatable bonds is 5. The summed E-state index contributed by atoms with van der Waals surface area (Å²) in [5, 5.41) is 11.2. The minimum absolute atomic E-state index is 0.158. The van der Waals surface area contributed by atoms with Gasteiger partial charge in [0.2, 0.25) is 0 Å². The maximum Gasteiger partial charge on any atom is 0.434 e. The summed E-state index contributed by atoms with van der Waals surface area (Å²) in [5.74, 6) is 1.15. The van der Waals surface area contributed by atoms with Crippen molar-refractivity contribution in [2.45, 2.75) is 26.2 Å². The second-order valence-corrected chi connectivity index (χ2v) is 5.42. The van der Waals surface area contributed by atoms with E-state index in [1.165, 1.54) is 6.33 Å². The van der Waals surface area contributed by atoms with Crippen LogP contribution in [0.25, 0.3) is 0 Å². The van der Waals surface area contributed by atoms with Crippen LogP contribution in [0.15, 0.2) is 16.7 Å². The molecule has 0 saturated heterocycles. The fraction of sp³-hybridized carbons (Fsp3) is 0.500. The number of aliphatic imine (C=N–C) groups is 1. The Morgan fingerprint density at radius 3 is 2.74 bits per heavy atom. The SMILES string of the molecule is CCNC(=NCc1ncnn1C)NCc1nc(C(F)(F)F)cs1. The van der Waals surface area contributed by atoms with Crippen molar-refractivity contribution in [3.05, 3.63) is 28.2 Å². The van der Waals surface area contributed by atoms with Crippen molar-refractivity contribution in [2.24, 2.45) is 12.0 Å². The van der Waals surface area contributed by atoms with Crippen molar-refractivity contribution in [2.75, 3.05) is 6.54 Å². The molecule has 2 heterocycles. The van der Waals surface area contributed by atoms with Gasteiger partial charge in [0, 0.05) is 19.0 Å². The van der Waals surface area contributed by atoms with Crippen LogP contribution in [0.2, 0.25) is 0 Å². The molecule has 0 amide bonds. The zero-order valence-corrected chi connectivity index (χ0v) is 13.4. The first kappa shape index (κ1) is 17.2. The van der Waals surface area contributed by atoms with Gasteiger partial charge in [-0.15, -0.1) is 11.3 Å². The smallest absolute Gasteiger partial charge is 0.357 e. The molecule has 0 radical (unpaired) electrons. The number of aromatic nitrogens is 4. The van der Waals surface area contributed by atoms with Crippen molar-refractivity contribution in [3.8, 4) is 0 Å². The number of aryl methyl sites for hydroxylation is 1. The second-order valence-electron chi connectivity index (χ2n) is 4.47. The number of nitrogens with zero attached hydrogens (tertiary/aromatic N) is 5. The molecule has 2 N–H and O–H groups in total. The molecule has 7 nitrogen and oxygen atoms in total. The molecule has 0 aliphatic heterocycles. The Balaban J connectivity index is 1.96. The van der Waals surface area contributed by atoms with Crippen LogP contribution < -0.4 is 10.6 Å². The first-order chi connectivity index (χ1) is 10.9. The monoisotopic (exact) mass is 347 g/mol. The minimum atomic E-state index is -4.42. The van der Waals surface area contributed by atoms with E-state index in [1.54, 1.807) is 11.7 Å². The number of hydrogen-bond acceptors (Lipinski definition) is 5. The molecular formula is C12H16F3N7S. The van der Waals surface area contributed by atoms with Crippen molar-refractivity contribution in [3.63, 3.8) is 0 Å². The predicted octanol–water partition coefficient (Wildman–Crippen LogP) is 1.55. The van der Waals surface area contributed by atoms with E-state index >= 15 is 0 Å². The number of alkyl halides is 3. The van der Waals surface area contributed by atoms with Crippen LogP contribution in [0.4, 0.5) is 13.2 Å². The van der Waals surface area contributed by atoms with Crippen LogP contribution in [0.3, 0.4) is 0 Å². The number of nitrogens with one attached hydrogen (secondary N) is 2. The lowest BCUT2D eigenvalue weighted by Crippen LogP contribution is -2.36. The Labute approximate surface area is 134 Å². The van der Waals surface area contributed by atoms with Crippen LogP contribution in [0.1, 0.15) is 23.4 Å². The van der Waals surface area contributed by atoms with Gasteiger partial charge in [-0.2, -0.15) is 18.3 Å². The fourth-order valence-corrected chi connectivity index (χ4v) is 2.38. The molecule has 0 aliphatic rings. The van der Waals surface area contributed by atoms with Crippen molar-refractivity contribution in [1.29, 1.82) is 0 Å². The van der Waals surface area contributed by atoms with Crippen molar-refractivity contribution in [1.82, 2.24) is 30.4 Å². The van der Waals surface area contributed by atoms with E-state index in [0.29, 0.717) is 29.9 Å². The van der Waals surface area contributed by atoms with Gasteiger partial charge >= 0.3 is 6.18 Å². The number of guanidine groups is 1. The largest absolute Gasteiger partial charge is 0.434 e. The average Bonchev–Trinajstić information content (AvgIpc) is 3.10. The highest BCUT2D eigenvalue weighted by molar-refractivity contribution is 7.09. The highest BCUT2D eigenvalue weighted by Gasteiger charge is 2.33. The number of hydrogen-bond donors (Lipinski definition) is 2. The minimum Gasteiger partial charge on any atom is -0.357 e. The van der Waals surface area contributed by atoms with E-state index in [1.807, 2.05) is 6.92 Å². The van der Waals surface area contributed by atoms with Gasteiger partial charge in [-0.25, -0.2) is 15.0 Å². The molecule has 0 bridgehead atoms. The third-order valence-corrected chi connectivity index (χ3v) is 3.63. The molecular weight excluding hydrogens is 331 g/mol. The zero-order chi connectivity index (χ0) is 16.9. The molecule has 0 saturated carbocycles. The Bertz CT molecular complexity index is 662. The molecule has 0 fully saturated rings. The maximum atomic E-state index is 12.5. The van der Waals surface area contributed by atoms with Gasteiger partial charge in [-0.3, -0.25) is 4.68 Å². The fourth-order valence-electron chi connectivity index (χ4n) is 1.64. The molecule has 2 aromatic rings. The molecule has 0 unspecified atom stereocenters. The van der Waals surface area contributed by atoms with E-state index in [9.17, 15) is 13.2 Å². The summed E-state index contributed by atoms with van der Waals surface area (Å²) in [6.45, 7) is 2.98. The second kappa shape index (κ2) is 7.40. The lowest BCUT2D eigenvalue weighted by molar-refractivity contribution is -0.140. The van der Waals surface area contributed by atoms with Gasteiger partial charge in [0.15, 0.2) is 11.7 Å². The third-order valence-electron chi connectivity index (χ3n) is 2.78. The van der Waals surface area contributed by atoms with Crippen molar-refractivity contribution >= 4 is 17.3 Å². The summed E-state index contributed by atoms with van der Waals surface area (Å²) in [6.07, 6.45) is -2.99. The molecule has 0 aliphatic carbocycles. The molecule has 11 heteroatoms. The van der Waals surface area contributed by atoms with Crippen LogP contribution in [-0.4, -0.2) is 32.3 Å². The Kier molecular flexibility index (Phi) is 5.53. The molecule has 0 aromatic carbocycles. The molecule has 2 aromatic heterocycles. The van der Waals surface area contributed by atoms with Crippen LogP contribution >= 0.6 is 11.3 Å². The summed E-state index contributed by atoms with van der Waals surface area (Å²) >= 11 is 0.952. The Morgan fingerprint density at radius 1 is 1.39 bits per heavy atom. The first-order valence-electron chi connectivity index (χ1n) is 6.76. The molecule has 2 rings (SSSR count). The summed E-state index contributed by atoms with van der Waals surface area (Å²) in [4.78, 5) is 11.9. The van der Waals surface area contributed by atoms with Gasteiger partial charge in [0.1, 0.15) is 23.7 Å². The first-order valence-corrected chi connectivity index (χ1v) is 7.64. The van der Waals surface area contributed by atoms with E-state index in [2.05, 4.69) is 30.7 Å². The quantitative estimate of drug-likeness (QED) is 0.634. The normalized spacial score (nSPS) is 12.5. The standard InChI is InChI=1S/C12H16F3N7S/c1-3-16-11(17-4-9-19-7-20-22(9)2)18-5-10-21-8(6-23-10)12(13,14)15/h6-7H,3-5H2,1-2H3,(H2,16,17,18).